The molecule has 4 heterocycles. The molecule has 4 aromatic carbocycles. The van der Waals surface area contributed by atoms with E-state index in [2.05, 4.69) is 41.2 Å². The number of carboxylic acids is 4. The van der Waals surface area contributed by atoms with Crippen LogP contribution in [0, 0.1) is 0 Å². The number of anilines is 8. The Morgan fingerprint density at radius 1 is 0.281 bits per heavy atom. The van der Waals surface area contributed by atoms with Crippen LogP contribution in [0.2, 0.25) is 0 Å². The van der Waals surface area contributed by atoms with Gasteiger partial charge in [-0.05, 0) is 97.1 Å². The summed E-state index contributed by atoms with van der Waals surface area (Å²) in [7, 11) is 0. The zero-order valence-electron chi connectivity index (χ0n) is 33.7. The van der Waals surface area contributed by atoms with Crippen LogP contribution in [0.3, 0.4) is 0 Å². The number of pyridine rings is 4. The van der Waals surface area contributed by atoms with Crippen LogP contribution < -0.4 is 21.3 Å². The van der Waals surface area contributed by atoms with Crippen LogP contribution in [0.25, 0.3) is 0 Å². The maximum absolute atomic E-state index is 10.9. The van der Waals surface area contributed by atoms with E-state index in [-0.39, 0.29) is 22.3 Å². The summed E-state index contributed by atoms with van der Waals surface area (Å²) in [5, 5.41) is 47.7. The van der Waals surface area contributed by atoms with Gasteiger partial charge in [0, 0.05) is 47.5 Å². The number of nitrogens with zero attached hydrogens (tertiary/aromatic N) is 4. The summed E-state index contributed by atoms with van der Waals surface area (Å²) >= 11 is 0. The van der Waals surface area contributed by atoms with Crippen molar-refractivity contribution < 1.29 is 39.6 Å². The van der Waals surface area contributed by atoms with E-state index in [0.717, 1.165) is 22.7 Å². The molecule has 0 saturated heterocycles. The number of hydrogen-bond donors (Lipinski definition) is 8. The molecule has 0 saturated carbocycles. The summed E-state index contributed by atoms with van der Waals surface area (Å²) < 4.78 is 0. The first-order valence-electron chi connectivity index (χ1n) is 19.1. The van der Waals surface area contributed by atoms with Crippen molar-refractivity contribution in [2.24, 2.45) is 0 Å². The van der Waals surface area contributed by atoms with Gasteiger partial charge in [0.25, 0.3) is 0 Å². The molecule has 320 valence electrons. The molecule has 8 N–H and O–H groups in total. The molecular weight excluding hydrogens is 817 g/mol. The fourth-order valence-electron chi connectivity index (χ4n) is 5.34. The molecule has 0 aliphatic carbocycles. The largest absolute Gasteiger partial charge is 0.478 e. The molecule has 0 unspecified atom stereocenters. The van der Waals surface area contributed by atoms with Gasteiger partial charge >= 0.3 is 23.9 Å². The fourth-order valence-corrected chi connectivity index (χ4v) is 5.34. The predicted octanol–water partition coefficient (Wildman–Crippen LogP) is 10.1. The minimum Gasteiger partial charge on any atom is -0.478 e. The van der Waals surface area contributed by atoms with Gasteiger partial charge in [0.1, 0.15) is 45.5 Å². The van der Waals surface area contributed by atoms with E-state index in [1.807, 2.05) is 121 Å². The first kappa shape index (κ1) is 45.6. The Hall–Kier alpha value is -9.44. The maximum Gasteiger partial charge on any atom is 0.339 e. The summed E-state index contributed by atoms with van der Waals surface area (Å²) in [6.07, 6.45) is 6.21. The summed E-state index contributed by atoms with van der Waals surface area (Å²) in [5.41, 5.74) is 3.87. The molecular formula is C48H40N8O8. The van der Waals surface area contributed by atoms with E-state index >= 15 is 0 Å². The third kappa shape index (κ3) is 14.4. The zero-order chi connectivity index (χ0) is 45.5. The third-order valence-corrected chi connectivity index (χ3v) is 8.30. The van der Waals surface area contributed by atoms with Crippen LogP contribution in [0.15, 0.2) is 195 Å². The average Bonchev–Trinajstić information content (AvgIpc) is 3.31. The van der Waals surface area contributed by atoms with Crippen molar-refractivity contribution in [3.05, 3.63) is 217 Å². The van der Waals surface area contributed by atoms with Crippen LogP contribution in [-0.2, 0) is 0 Å². The molecule has 16 nitrogen and oxygen atoms in total. The molecule has 0 atom stereocenters. The topological polar surface area (TPSA) is 249 Å². The van der Waals surface area contributed by atoms with E-state index in [0.29, 0.717) is 23.3 Å². The highest BCUT2D eigenvalue weighted by Crippen LogP contribution is 2.21. The van der Waals surface area contributed by atoms with Crippen molar-refractivity contribution in [3.8, 4) is 0 Å². The van der Waals surface area contributed by atoms with Gasteiger partial charge in [-0.2, -0.15) is 0 Å². The lowest BCUT2D eigenvalue weighted by Crippen LogP contribution is -2.04. The fraction of sp³-hybridized carbons (Fsp3) is 0. The molecule has 8 aromatic rings. The Morgan fingerprint density at radius 2 is 0.469 bits per heavy atom. The highest BCUT2D eigenvalue weighted by atomic mass is 16.4. The molecule has 8 rings (SSSR count). The van der Waals surface area contributed by atoms with Gasteiger partial charge in [0.2, 0.25) is 0 Å². The van der Waals surface area contributed by atoms with E-state index in [4.69, 9.17) is 20.4 Å². The van der Waals surface area contributed by atoms with Crippen molar-refractivity contribution >= 4 is 69.9 Å². The Labute approximate surface area is 366 Å². The Kier molecular flexibility index (Phi) is 17.1. The van der Waals surface area contributed by atoms with Crippen LogP contribution >= 0.6 is 0 Å². The second kappa shape index (κ2) is 24.0. The smallest absolute Gasteiger partial charge is 0.339 e. The number of aromatic carboxylic acids is 4. The number of benzene rings is 4. The average molecular weight is 857 g/mol. The van der Waals surface area contributed by atoms with Crippen molar-refractivity contribution in [2.45, 2.75) is 0 Å². The van der Waals surface area contributed by atoms with Crippen molar-refractivity contribution in [1.29, 1.82) is 0 Å². The lowest BCUT2D eigenvalue weighted by Gasteiger charge is -2.07. The second-order valence-electron chi connectivity index (χ2n) is 12.8. The number of para-hydroxylation sites is 4. The van der Waals surface area contributed by atoms with Crippen LogP contribution in [0.4, 0.5) is 46.0 Å². The molecule has 16 heteroatoms. The molecule has 0 amide bonds. The highest BCUT2D eigenvalue weighted by molar-refractivity contribution is 5.95. The quantitative estimate of drug-likeness (QED) is 0.0569. The molecule has 64 heavy (non-hydrogen) atoms. The first-order chi connectivity index (χ1) is 31.1. The first-order valence-corrected chi connectivity index (χ1v) is 19.1. The van der Waals surface area contributed by atoms with Crippen molar-refractivity contribution in [1.82, 2.24) is 19.9 Å². The Bertz CT molecular complexity index is 2370. The third-order valence-electron chi connectivity index (χ3n) is 8.30. The van der Waals surface area contributed by atoms with Crippen molar-refractivity contribution in [3.63, 3.8) is 0 Å². The molecule has 0 aliphatic heterocycles. The Balaban J connectivity index is 0.000000161. The second-order valence-corrected chi connectivity index (χ2v) is 12.8. The van der Waals surface area contributed by atoms with Gasteiger partial charge < -0.3 is 41.7 Å². The number of nitrogens with one attached hydrogen (secondary N) is 4. The van der Waals surface area contributed by atoms with E-state index in [1.165, 1.54) is 24.3 Å². The van der Waals surface area contributed by atoms with Gasteiger partial charge in [-0.15, -0.1) is 0 Å². The van der Waals surface area contributed by atoms with Crippen molar-refractivity contribution in [2.75, 3.05) is 21.3 Å². The van der Waals surface area contributed by atoms with Crippen LogP contribution in [0.5, 0.6) is 0 Å². The molecule has 0 bridgehead atoms. The summed E-state index contributed by atoms with van der Waals surface area (Å²) in [6, 6.07) is 49.7. The summed E-state index contributed by atoms with van der Waals surface area (Å²) in [5.74, 6) is -2.58. The van der Waals surface area contributed by atoms with Gasteiger partial charge in [0.15, 0.2) is 0 Å². The van der Waals surface area contributed by atoms with E-state index in [1.54, 1.807) is 49.1 Å². The lowest BCUT2D eigenvalue weighted by atomic mass is 10.2. The van der Waals surface area contributed by atoms with Gasteiger partial charge in [0.05, 0.1) is 0 Å². The molecule has 0 spiro atoms. The van der Waals surface area contributed by atoms with Crippen LogP contribution in [-0.4, -0.2) is 64.2 Å². The van der Waals surface area contributed by atoms with Crippen LogP contribution in [0.1, 0.15) is 41.4 Å². The number of carbonyl (C=O) groups is 4. The summed E-state index contributed by atoms with van der Waals surface area (Å²) in [4.78, 5) is 59.7. The molecule has 0 fully saturated rings. The van der Waals surface area contributed by atoms with E-state index < -0.39 is 23.9 Å². The number of aromatic nitrogens is 4. The molecule has 4 aromatic heterocycles. The number of rotatable bonds is 12. The number of carboxylic acid groups (broad SMARTS) is 4. The number of hydrogen-bond acceptors (Lipinski definition) is 12. The highest BCUT2D eigenvalue weighted by Gasteiger charge is 2.13. The zero-order valence-corrected chi connectivity index (χ0v) is 33.7. The normalized spacial score (nSPS) is 9.75. The van der Waals surface area contributed by atoms with Gasteiger partial charge in [-0.25, -0.2) is 39.1 Å². The van der Waals surface area contributed by atoms with Gasteiger partial charge in [-0.1, -0.05) is 72.8 Å². The summed E-state index contributed by atoms with van der Waals surface area (Å²) in [6.45, 7) is 0. The minimum absolute atomic E-state index is 0.159. The maximum atomic E-state index is 10.9. The Morgan fingerprint density at radius 3 is 0.641 bits per heavy atom. The minimum atomic E-state index is -0.994. The van der Waals surface area contributed by atoms with Gasteiger partial charge in [-0.3, -0.25) is 0 Å². The predicted molar refractivity (Wildman–Crippen MR) is 244 cm³/mol. The standard InChI is InChI=1S/4C12H10N2O2/c4*15-12(16)10-7-4-8-13-11(10)14-9-5-2-1-3-6-9/h4*1-8H,(H,13,14)(H,15,16). The SMILES string of the molecule is O=C(O)c1cccnc1Nc1ccccc1.O=C(O)c1cccnc1Nc1ccccc1.O=C(O)c1cccnc1Nc1ccccc1.O=C(O)c1cccnc1Nc1ccccc1. The molecule has 0 aliphatic rings. The van der Waals surface area contributed by atoms with E-state index in [9.17, 15) is 19.2 Å². The lowest BCUT2D eigenvalue weighted by molar-refractivity contribution is 0.0686. The monoisotopic (exact) mass is 856 g/mol. The molecule has 0 radical (unpaired) electrons.